The molecule has 0 spiro atoms. The number of hydrogen-bond donors (Lipinski definition) is 2. The molecule has 0 saturated carbocycles. The monoisotopic (exact) mass is 195 g/mol. The predicted molar refractivity (Wildman–Crippen MR) is 52.6 cm³/mol. The van der Waals surface area contributed by atoms with Crippen molar-refractivity contribution in [3.05, 3.63) is 29.3 Å². The zero-order valence-electron chi connectivity index (χ0n) is 8.15. The Balaban J connectivity index is 3.18. The van der Waals surface area contributed by atoms with E-state index in [1.807, 2.05) is 6.92 Å². The van der Waals surface area contributed by atoms with Crippen LogP contribution in [0.5, 0.6) is 5.75 Å². The number of aromatic carboxylic acids is 1. The SMILES string of the molecule is COc1cc([C@@H](C)N)ccc1C(=O)O. The van der Waals surface area contributed by atoms with Crippen LogP contribution in [-0.4, -0.2) is 18.2 Å². The van der Waals surface area contributed by atoms with Crippen LogP contribution in [0.2, 0.25) is 0 Å². The normalized spacial score (nSPS) is 12.2. The van der Waals surface area contributed by atoms with E-state index in [1.165, 1.54) is 13.2 Å². The molecule has 0 fully saturated rings. The summed E-state index contributed by atoms with van der Waals surface area (Å²) in [6.45, 7) is 1.83. The van der Waals surface area contributed by atoms with E-state index >= 15 is 0 Å². The van der Waals surface area contributed by atoms with Crippen LogP contribution in [0.4, 0.5) is 0 Å². The third-order valence-electron chi connectivity index (χ3n) is 1.98. The van der Waals surface area contributed by atoms with Gasteiger partial charge in [0.2, 0.25) is 0 Å². The van der Waals surface area contributed by atoms with Crippen LogP contribution < -0.4 is 10.5 Å². The number of ether oxygens (including phenoxy) is 1. The summed E-state index contributed by atoms with van der Waals surface area (Å²) in [5.41, 5.74) is 6.66. The summed E-state index contributed by atoms with van der Waals surface area (Å²) < 4.78 is 4.96. The quantitative estimate of drug-likeness (QED) is 0.764. The highest BCUT2D eigenvalue weighted by Gasteiger charge is 2.12. The average Bonchev–Trinajstić information content (AvgIpc) is 2.16. The maximum absolute atomic E-state index is 10.8. The highest BCUT2D eigenvalue weighted by molar-refractivity contribution is 5.91. The van der Waals surface area contributed by atoms with E-state index in [2.05, 4.69) is 0 Å². The molecule has 0 amide bonds. The summed E-state index contributed by atoms with van der Waals surface area (Å²) in [5.74, 6) is -0.662. The molecule has 0 radical (unpaired) electrons. The van der Waals surface area contributed by atoms with Gasteiger partial charge in [-0.25, -0.2) is 4.79 Å². The lowest BCUT2D eigenvalue weighted by Crippen LogP contribution is -2.07. The second kappa shape index (κ2) is 4.11. The van der Waals surface area contributed by atoms with Crippen LogP contribution in [0, 0.1) is 0 Å². The number of hydrogen-bond acceptors (Lipinski definition) is 3. The fourth-order valence-electron chi connectivity index (χ4n) is 1.17. The molecule has 0 aromatic heterocycles. The molecule has 1 atom stereocenters. The maximum Gasteiger partial charge on any atom is 0.339 e. The number of methoxy groups -OCH3 is 1. The number of carbonyl (C=O) groups is 1. The molecule has 0 saturated heterocycles. The van der Waals surface area contributed by atoms with Crippen LogP contribution >= 0.6 is 0 Å². The van der Waals surface area contributed by atoms with Gasteiger partial charge in [0.15, 0.2) is 0 Å². The van der Waals surface area contributed by atoms with Crippen LogP contribution in [0.1, 0.15) is 28.9 Å². The van der Waals surface area contributed by atoms with Crippen molar-refractivity contribution in [1.29, 1.82) is 0 Å². The zero-order valence-corrected chi connectivity index (χ0v) is 8.15. The molecule has 1 aromatic rings. The van der Waals surface area contributed by atoms with Crippen LogP contribution in [0.3, 0.4) is 0 Å². The third-order valence-corrected chi connectivity index (χ3v) is 1.98. The predicted octanol–water partition coefficient (Wildman–Crippen LogP) is 1.41. The van der Waals surface area contributed by atoms with Crippen molar-refractivity contribution in [3.63, 3.8) is 0 Å². The molecule has 0 aliphatic rings. The van der Waals surface area contributed by atoms with Gasteiger partial charge < -0.3 is 15.6 Å². The lowest BCUT2D eigenvalue weighted by molar-refractivity contribution is 0.0693. The molecule has 1 aromatic carbocycles. The van der Waals surface area contributed by atoms with Gasteiger partial charge in [0.25, 0.3) is 0 Å². The summed E-state index contributed by atoms with van der Waals surface area (Å²) in [6.07, 6.45) is 0. The molecule has 1 rings (SSSR count). The van der Waals surface area contributed by atoms with Gasteiger partial charge in [-0.1, -0.05) is 6.07 Å². The molecule has 14 heavy (non-hydrogen) atoms. The first-order valence-corrected chi connectivity index (χ1v) is 4.23. The Labute approximate surface area is 82.3 Å². The highest BCUT2D eigenvalue weighted by Crippen LogP contribution is 2.22. The second-order valence-corrected chi connectivity index (χ2v) is 3.05. The summed E-state index contributed by atoms with van der Waals surface area (Å²) >= 11 is 0. The Morgan fingerprint density at radius 2 is 2.21 bits per heavy atom. The first-order valence-electron chi connectivity index (χ1n) is 4.23. The van der Waals surface area contributed by atoms with Gasteiger partial charge in [-0.3, -0.25) is 0 Å². The molecule has 0 aliphatic heterocycles. The van der Waals surface area contributed by atoms with E-state index in [0.717, 1.165) is 5.56 Å². The van der Waals surface area contributed by atoms with Gasteiger partial charge in [-0.15, -0.1) is 0 Å². The van der Waals surface area contributed by atoms with E-state index in [4.69, 9.17) is 15.6 Å². The van der Waals surface area contributed by atoms with Crippen molar-refractivity contribution in [2.24, 2.45) is 5.73 Å². The zero-order chi connectivity index (χ0) is 10.7. The number of benzene rings is 1. The standard InChI is InChI=1S/C10H13NO3/c1-6(11)7-3-4-8(10(12)13)9(5-7)14-2/h3-6H,11H2,1-2H3,(H,12,13)/t6-/m1/s1. The molecule has 0 bridgehead atoms. The number of nitrogens with two attached hydrogens (primary N) is 1. The fraction of sp³-hybridized carbons (Fsp3) is 0.300. The Morgan fingerprint density at radius 1 is 1.57 bits per heavy atom. The Hall–Kier alpha value is -1.55. The van der Waals surface area contributed by atoms with Crippen molar-refractivity contribution in [2.75, 3.05) is 7.11 Å². The van der Waals surface area contributed by atoms with Crippen LogP contribution in [-0.2, 0) is 0 Å². The van der Waals surface area contributed by atoms with E-state index in [-0.39, 0.29) is 11.6 Å². The minimum atomic E-state index is -1.00. The molecule has 4 nitrogen and oxygen atoms in total. The van der Waals surface area contributed by atoms with Crippen LogP contribution in [0.15, 0.2) is 18.2 Å². The molecular formula is C10H13NO3. The molecule has 0 aliphatic carbocycles. The molecular weight excluding hydrogens is 182 g/mol. The summed E-state index contributed by atoms with van der Waals surface area (Å²) in [6, 6.07) is 4.71. The maximum atomic E-state index is 10.8. The summed E-state index contributed by atoms with van der Waals surface area (Å²) in [4.78, 5) is 10.8. The lowest BCUT2D eigenvalue weighted by Gasteiger charge is -2.09. The van der Waals surface area contributed by atoms with Crippen LogP contribution in [0.25, 0.3) is 0 Å². The van der Waals surface area contributed by atoms with E-state index in [1.54, 1.807) is 12.1 Å². The molecule has 0 unspecified atom stereocenters. The number of rotatable bonds is 3. The Bertz CT molecular complexity index is 347. The van der Waals surface area contributed by atoms with Crippen molar-refractivity contribution in [1.82, 2.24) is 0 Å². The minimum absolute atomic E-state index is 0.133. The summed E-state index contributed by atoms with van der Waals surface area (Å²) in [7, 11) is 1.44. The van der Waals surface area contributed by atoms with E-state index < -0.39 is 5.97 Å². The Kier molecular flexibility index (Phi) is 3.09. The summed E-state index contributed by atoms with van der Waals surface area (Å²) in [5, 5.41) is 8.82. The van der Waals surface area contributed by atoms with Crippen molar-refractivity contribution in [3.8, 4) is 5.75 Å². The number of carboxylic acid groups (broad SMARTS) is 1. The minimum Gasteiger partial charge on any atom is -0.496 e. The van der Waals surface area contributed by atoms with Crippen molar-refractivity contribution < 1.29 is 14.6 Å². The molecule has 76 valence electrons. The number of carboxylic acids is 1. The fourth-order valence-corrected chi connectivity index (χ4v) is 1.17. The first-order chi connectivity index (χ1) is 6.56. The topological polar surface area (TPSA) is 72.5 Å². The largest absolute Gasteiger partial charge is 0.496 e. The van der Waals surface area contributed by atoms with Crippen molar-refractivity contribution >= 4 is 5.97 Å². The molecule has 3 N–H and O–H groups in total. The Morgan fingerprint density at radius 3 is 2.64 bits per heavy atom. The molecule has 4 heteroatoms. The van der Waals surface area contributed by atoms with E-state index in [9.17, 15) is 4.79 Å². The highest BCUT2D eigenvalue weighted by atomic mass is 16.5. The van der Waals surface area contributed by atoms with E-state index in [0.29, 0.717) is 5.75 Å². The van der Waals surface area contributed by atoms with Gasteiger partial charge in [0.05, 0.1) is 7.11 Å². The van der Waals surface area contributed by atoms with Gasteiger partial charge >= 0.3 is 5.97 Å². The van der Waals surface area contributed by atoms with Gasteiger partial charge in [0, 0.05) is 6.04 Å². The first kappa shape index (κ1) is 10.5. The smallest absolute Gasteiger partial charge is 0.339 e. The lowest BCUT2D eigenvalue weighted by atomic mass is 10.1. The third kappa shape index (κ3) is 2.03. The average molecular weight is 195 g/mol. The van der Waals surface area contributed by atoms with Gasteiger partial charge in [0.1, 0.15) is 11.3 Å². The van der Waals surface area contributed by atoms with Gasteiger partial charge in [-0.05, 0) is 24.6 Å². The van der Waals surface area contributed by atoms with Crippen molar-refractivity contribution in [2.45, 2.75) is 13.0 Å². The second-order valence-electron chi connectivity index (χ2n) is 3.05. The molecule has 0 heterocycles. The van der Waals surface area contributed by atoms with Gasteiger partial charge in [-0.2, -0.15) is 0 Å².